The van der Waals surface area contributed by atoms with Crippen LogP contribution in [-0.4, -0.2) is 10.5 Å². The maximum Gasteiger partial charge on any atom is 0.252 e. The third kappa shape index (κ3) is 15.1. The summed E-state index contributed by atoms with van der Waals surface area (Å²) in [5.74, 6) is 0. The van der Waals surface area contributed by atoms with Gasteiger partial charge in [0.05, 0.1) is 0 Å². The molecule has 0 unspecified atom stereocenters. The Balaban J connectivity index is 0.000000463. The van der Waals surface area contributed by atoms with Crippen LogP contribution in [0.2, 0.25) is 0 Å². The van der Waals surface area contributed by atoms with Crippen molar-refractivity contribution in [3.63, 3.8) is 0 Å². The quantitative estimate of drug-likeness (QED) is 0.278. The van der Waals surface area contributed by atoms with Crippen molar-refractivity contribution in [2.75, 3.05) is 0 Å². The first kappa shape index (κ1) is 24.1. The number of hydrogen-bond acceptors (Lipinski definition) is 2. The molecule has 0 N–H and O–H groups in total. The zero-order valence-corrected chi connectivity index (χ0v) is 17.2. The van der Waals surface area contributed by atoms with Gasteiger partial charge in [0.15, 0.2) is 0 Å². The Bertz CT molecular complexity index is 469. The van der Waals surface area contributed by atoms with Crippen molar-refractivity contribution in [1.82, 2.24) is 0 Å². The van der Waals surface area contributed by atoms with Crippen molar-refractivity contribution in [1.29, 1.82) is 0 Å². The van der Waals surface area contributed by atoms with Crippen molar-refractivity contribution in [3.8, 4) is 0 Å². The molecule has 25 heavy (non-hydrogen) atoms. The molecule has 2 nitrogen and oxygen atoms in total. The highest BCUT2D eigenvalue weighted by Gasteiger charge is 2.00. The number of unbranched alkanes of at least 4 members (excludes halogenated alkanes) is 7. The monoisotopic (exact) mass is 386 g/mol. The van der Waals surface area contributed by atoms with Gasteiger partial charge >= 0.3 is 0 Å². The largest absolute Gasteiger partial charge is 0.281 e. The highest BCUT2D eigenvalue weighted by Crippen LogP contribution is 2.10. The van der Waals surface area contributed by atoms with Crippen LogP contribution in [0.25, 0.3) is 0 Å². The van der Waals surface area contributed by atoms with Crippen LogP contribution < -0.4 is 0 Å². The van der Waals surface area contributed by atoms with Crippen LogP contribution >= 0.6 is 23.2 Å². The molecule has 0 heterocycles. The summed E-state index contributed by atoms with van der Waals surface area (Å²) >= 11 is 10.5. The number of carbonyl (C=O) groups is 2. The molecule has 0 aromatic heterocycles. The lowest BCUT2D eigenvalue weighted by atomic mass is 10.1. The summed E-state index contributed by atoms with van der Waals surface area (Å²) in [5, 5.41) is -0.578. The summed E-state index contributed by atoms with van der Waals surface area (Å²) in [6.45, 7) is 4.38. The molecule has 0 fully saturated rings. The molecule has 4 heteroatoms. The Kier molecular flexibility index (Phi) is 16.0. The van der Waals surface area contributed by atoms with E-state index in [2.05, 4.69) is 13.8 Å². The first-order chi connectivity index (χ1) is 12.0. The summed E-state index contributed by atoms with van der Waals surface area (Å²) in [5.41, 5.74) is 1.84. The average molecular weight is 387 g/mol. The molecule has 0 aliphatic heterocycles. The minimum atomic E-state index is -0.387. The number of aryl methyl sites for hydroxylation is 1. The second-order valence-corrected chi connectivity index (χ2v) is 7.07. The van der Waals surface area contributed by atoms with E-state index in [1.165, 1.54) is 50.5 Å². The molecule has 1 aromatic carbocycles. The van der Waals surface area contributed by atoms with E-state index >= 15 is 0 Å². The van der Waals surface area contributed by atoms with Crippen molar-refractivity contribution >= 4 is 33.7 Å². The van der Waals surface area contributed by atoms with Gasteiger partial charge in [-0.15, -0.1) is 0 Å². The maximum absolute atomic E-state index is 10.7. The van der Waals surface area contributed by atoms with E-state index in [0.717, 1.165) is 19.3 Å². The van der Waals surface area contributed by atoms with Gasteiger partial charge in [0.1, 0.15) is 0 Å². The van der Waals surface area contributed by atoms with Crippen LogP contribution in [-0.2, 0) is 11.2 Å². The Morgan fingerprint density at radius 1 is 0.760 bits per heavy atom. The van der Waals surface area contributed by atoms with E-state index in [1.807, 2.05) is 12.1 Å². The topological polar surface area (TPSA) is 34.1 Å². The van der Waals surface area contributed by atoms with Gasteiger partial charge in [-0.3, -0.25) is 9.59 Å². The number of halogens is 2. The summed E-state index contributed by atoms with van der Waals surface area (Å²) in [6.07, 6.45) is 12.7. The fourth-order valence-corrected chi connectivity index (χ4v) is 2.66. The number of hydrogen-bond donors (Lipinski definition) is 0. The van der Waals surface area contributed by atoms with Gasteiger partial charge in [-0.1, -0.05) is 70.9 Å². The molecule has 0 radical (unpaired) electrons. The van der Waals surface area contributed by atoms with Crippen molar-refractivity contribution in [2.24, 2.45) is 0 Å². The first-order valence-corrected chi connectivity index (χ1v) is 10.2. The lowest BCUT2D eigenvalue weighted by Crippen LogP contribution is -1.90. The lowest BCUT2D eigenvalue weighted by molar-refractivity contribution is -0.111. The van der Waals surface area contributed by atoms with Crippen molar-refractivity contribution in [2.45, 2.75) is 84.5 Å². The van der Waals surface area contributed by atoms with Gasteiger partial charge in [-0.05, 0) is 60.2 Å². The molecule has 0 aliphatic rings. The number of benzene rings is 1. The Morgan fingerprint density at radius 2 is 1.28 bits per heavy atom. The maximum atomic E-state index is 10.7. The number of carbonyl (C=O) groups excluding carboxylic acids is 2. The molecule has 0 saturated heterocycles. The van der Waals surface area contributed by atoms with E-state index in [9.17, 15) is 9.59 Å². The molecule has 0 saturated carbocycles. The SMILES string of the molecule is CCCCCCCCCC(=O)Cl.CCCCc1ccc(C(=O)Cl)cc1. The smallest absolute Gasteiger partial charge is 0.252 e. The Morgan fingerprint density at radius 3 is 1.76 bits per heavy atom. The van der Waals surface area contributed by atoms with Gasteiger partial charge in [-0.25, -0.2) is 0 Å². The summed E-state index contributed by atoms with van der Waals surface area (Å²) in [4.78, 5) is 21.1. The molecule has 1 aromatic rings. The summed E-state index contributed by atoms with van der Waals surface area (Å²) in [6, 6.07) is 7.48. The van der Waals surface area contributed by atoms with Crippen LogP contribution in [0, 0.1) is 0 Å². The van der Waals surface area contributed by atoms with Gasteiger partial charge < -0.3 is 0 Å². The van der Waals surface area contributed by atoms with Gasteiger partial charge in [0.25, 0.3) is 5.24 Å². The predicted molar refractivity (Wildman–Crippen MR) is 109 cm³/mol. The molecule has 0 amide bonds. The van der Waals surface area contributed by atoms with E-state index in [4.69, 9.17) is 23.2 Å². The fraction of sp³-hybridized carbons (Fsp3) is 0.619. The third-order valence-corrected chi connectivity index (χ3v) is 4.38. The highest BCUT2D eigenvalue weighted by molar-refractivity contribution is 6.67. The van der Waals surface area contributed by atoms with Crippen LogP contribution in [0.1, 0.15) is 94.0 Å². The zero-order valence-electron chi connectivity index (χ0n) is 15.7. The van der Waals surface area contributed by atoms with Crippen LogP contribution in [0.5, 0.6) is 0 Å². The minimum absolute atomic E-state index is 0.191. The van der Waals surface area contributed by atoms with E-state index in [0.29, 0.717) is 12.0 Å². The average Bonchev–Trinajstić information content (AvgIpc) is 2.60. The van der Waals surface area contributed by atoms with E-state index in [1.54, 1.807) is 12.1 Å². The van der Waals surface area contributed by atoms with E-state index in [-0.39, 0.29) is 10.5 Å². The lowest BCUT2D eigenvalue weighted by Gasteiger charge is -1.99. The summed E-state index contributed by atoms with van der Waals surface area (Å²) < 4.78 is 0. The number of rotatable bonds is 12. The third-order valence-electron chi connectivity index (χ3n) is 3.98. The first-order valence-electron chi connectivity index (χ1n) is 9.48. The van der Waals surface area contributed by atoms with Gasteiger partial charge in [-0.2, -0.15) is 0 Å². The molecular weight excluding hydrogens is 355 g/mol. The zero-order chi connectivity index (χ0) is 18.9. The van der Waals surface area contributed by atoms with Gasteiger partial charge in [0, 0.05) is 12.0 Å². The molecule has 142 valence electrons. The second kappa shape index (κ2) is 16.6. The highest BCUT2D eigenvalue weighted by atomic mass is 35.5. The predicted octanol–water partition coefficient (Wildman–Crippen LogP) is 7.30. The second-order valence-electron chi connectivity index (χ2n) is 6.30. The van der Waals surface area contributed by atoms with E-state index < -0.39 is 0 Å². The van der Waals surface area contributed by atoms with Crippen LogP contribution in [0.4, 0.5) is 0 Å². The Hall–Kier alpha value is -0.860. The molecule has 0 spiro atoms. The molecule has 0 atom stereocenters. The van der Waals surface area contributed by atoms with Crippen molar-refractivity contribution < 1.29 is 9.59 Å². The Labute approximate surface area is 163 Å². The normalized spacial score (nSPS) is 10.1. The summed E-state index contributed by atoms with van der Waals surface area (Å²) in [7, 11) is 0. The van der Waals surface area contributed by atoms with Crippen LogP contribution in [0.3, 0.4) is 0 Å². The molecule has 0 aliphatic carbocycles. The molecule has 1 rings (SSSR count). The van der Waals surface area contributed by atoms with Crippen LogP contribution in [0.15, 0.2) is 24.3 Å². The minimum Gasteiger partial charge on any atom is -0.281 e. The fourth-order valence-electron chi connectivity index (χ4n) is 2.40. The molecular formula is C21H32Cl2O2. The standard InChI is InChI=1S/C11H13ClO.C10H19ClO/c1-2-3-4-9-5-7-10(8-6-9)11(12)13;1-2-3-4-5-6-7-8-9-10(11)12/h5-8H,2-4H2,1H3;2-9H2,1H3. The molecule has 0 bridgehead atoms. The van der Waals surface area contributed by atoms with Gasteiger partial charge in [0.2, 0.25) is 5.24 Å². The van der Waals surface area contributed by atoms with Crippen molar-refractivity contribution in [3.05, 3.63) is 35.4 Å².